The van der Waals surface area contributed by atoms with Crippen molar-refractivity contribution in [1.82, 2.24) is 0 Å². The number of alkyl halides is 2. The molecule has 78 valence electrons. The Labute approximate surface area is 81.4 Å². The van der Waals surface area contributed by atoms with Gasteiger partial charge in [0.15, 0.2) is 11.5 Å². The lowest BCUT2D eigenvalue weighted by atomic mass is 10.1. The van der Waals surface area contributed by atoms with Gasteiger partial charge < -0.3 is 9.47 Å². The van der Waals surface area contributed by atoms with Gasteiger partial charge in [-0.25, -0.2) is 0 Å². The van der Waals surface area contributed by atoms with Crippen molar-refractivity contribution >= 4 is 0 Å². The van der Waals surface area contributed by atoms with Crippen LogP contribution in [-0.2, 0) is 0 Å². The Hall–Kier alpha value is -1.32. The number of ether oxygens (including phenoxy) is 2. The normalized spacial score (nSPS) is 10.4. The van der Waals surface area contributed by atoms with Gasteiger partial charge in [0.2, 0.25) is 0 Å². The summed E-state index contributed by atoms with van der Waals surface area (Å²) in [4.78, 5) is 0. The SMILES string of the molecule is COc1cc(C)c(C)cc1OC(F)F. The van der Waals surface area contributed by atoms with E-state index in [2.05, 4.69) is 4.74 Å². The van der Waals surface area contributed by atoms with Crippen LogP contribution < -0.4 is 9.47 Å². The maximum absolute atomic E-state index is 12.0. The van der Waals surface area contributed by atoms with Gasteiger partial charge in [-0.15, -0.1) is 0 Å². The molecule has 0 fully saturated rings. The van der Waals surface area contributed by atoms with E-state index in [9.17, 15) is 8.78 Å². The zero-order valence-corrected chi connectivity index (χ0v) is 8.30. The van der Waals surface area contributed by atoms with E-state index in [1.54, 1.807) is 12.1 Å². The van der Waals surface area contributed by atoms with Crippen LogP contribution in [0.4, 0.5) is 8.78 Å². The summed E-state index contributed by atoms with van der Waals surface area (Å²) in [6, 6.07) is 3.22. The molecule has 0 aliphatic heterocycles. The lowest BCUT2D eigenvalue weighted by molar-refractivity contribution is -0.0512. The smallest absolute Gasteiger partial charge is 0.387 e. The summed E-state index contributed by atoms with van der Waals surface area (Å²) < 4.78 is 33.2. The minimum atomic E-state index is -2.83. The molecule has 0 radical (unpaired) electrons. The topological polar surface area (TPSA) is 18.5 Å². The van der Waals surface area contributed by atoms with Crippen LogP contribution in [-0.4, -0.2) is 13.7 Å². The summed E-state index contributed by atoms with van der Waals surface area (Å²) in [7, 11) is 1.42. The van der Waals surface area contributed by atoms with Crippen molar-refractivity contribution in [2.24, 2.45) is 0 Å². The van der Waals surface area contributed by atoms with Crippen LogP contribution in [0.2, 0.25) is 0 Å². The highest BCUT2D eigenvalue weighted by Gasteiger charge is 2.11. The summed E-state index contributed by atoms with van der Waals surface area (Å²) in [6.45, 7) is 0.878. The fraction of sp³-hybridized carbons (Fsp3) is 0.400. The lowest BCUT2D eigenvalue weighted by Crippen LogP contribution is -2.04. The van der Waals surface area contributed by atoms with Crippen molar-refractivity contribution in [3.8, 4) is 11.5 Å². The summed E-state index contributed by atoms with van der Waals surface area (Å²) in [5.74, 6) is 0.402. The monoisotopic (exact) mass is 202 g/mol. The number of benzene rings is 1. The van der Waals surface area contributed by atoms with Crippen LogP contribution in [0.15, 0.2) is 12.1 Å². The average Bonchev–Trinajstić information content (AvgIpc) is 2.10. The van der Waals surface area contributed by atoms with Gasteiger partial charge in [0.25, 0.3) is 0 Å². The molecule has 0 unspecified atom stereocenters. The first-order valence-corrected chi connectivity index (χ1v) is 4.14. The second kappa shape index (κ2) is 4.26. The van der Waals surface area contributed by atoms with E-state index >= 15 is 0 Å². The fourth-order valence-electron chi connectivity index (χ4n) is 1.11. The Kier molecular flexibility index (Phi) is 3.28. The van der Waals surface area contributed by atoms with E-state index in [-0.39, 0.29) is 5.75 Å². The molecule has 0 aliphatic carbocycles. The number of halogens is 2. The molecular weight excluding hydrogens is 190 g/mol. The van der Waals surface area contributed by atoms with Crippen molar-refractivity contribution in [3.63, 3.8) is 0 Å². The Morgan fingerprint density at radius 2 is 1.57 bits per heavy atom. The zero-order valence-electron chi connectivity index (χ0n) is 8.30. The molecule has 0 heterocycles. The van der Waals surface area contributed by atoms with E-state index < -0.39 is 6.61 Å². The van der Waals surface area contributed by atoms with Gasteiger partial charge in [0.05, 0.1) is 7.11 Å². The Morgan fingerprint density at radius 1 is 1.07 bits per heavy atom. The van der Waals surface area contributed by atoms with Gasteiger partial charge >= 0.3 is 6.61 Å². The molecular formula is C10H12F2O2. The van der Waals surface area contributed by atoms with Gasteiger partial charge in [0, 0.05) is 0 Å². The van der Waals surface area contributed by atoms with Crippen LogP contribution in [0.5, 0.6) is 11.5 Å². The van der Waals surface area contributed by atoms with Gasteiger partial charge in [-0.2, -0.15) is 8.78 Å². The van der Waals surface area contributed by atoms with Gasteiger partial charge in [0.1, 0.15) is 0 Å². The van der Waals surface area contributed by atoms with Crippen LogP contribution in [0, 0.1) is 13.8 Å². The summed E-state index contributed by atoms with van der Waals surface area (Å²) in [6.07, 6.45) is 0. The summed E-state index contributed by atoms with van der Waals surface area (Å²) in [5, 5.41) is 0. The number of methoxy groups -OCH3 is 1. The van der Waals surface area contributed by atoms with E-state index in [0.717, 1.165) is 11.1 Å². The van der Waals surface area contributed by atoms with E-state index in [0.29, 0.717) is 5.75 Å². The second-order valence-electron chi connectivity index (χ2n) is 2.97. The predicted molar refractivity (Wildman–Crippen MR) is 49.1 cm³/mol. The number of rotatable bonds is 3. The van der Waals surface area contributed by atoms with Crippen molar-refractivity contribution in [2.75, 3.05) is 7.11 Å². The van der Waals surface area contributed by atoms with Gasteiger partial charge in [-0.3, -0.25) is 0 Å². The first kappa shape index (κ1) is 10.8. The molecule has 0 saturated carbocycles. The van der Waals surface area contributed by atoms with Gasteiger partial charge in [-0.05, 0) is 37.1 Å². The van der Waals surface area contributed by atoms with Crippen molar-refractivity contribution < 1.29 is 18.3 Å². The third-order valence-electron chi connectivity index (χ3n) is 2.00. The quantitative estimate of drug-likeness (QED) is 0.750. The van der Waals surface area contributed by atoms with Crippen LogP contribution in [0.25, 0.3) is 0 Å². The summed E-state index contributed by atoms with van der Waals surface area (Å²) in [5.41, 5.74) is 1.87. The molecule has 2 nitrogen and oxygen atoms in total. The minimum absolute atomic E-state index is 0.0746. The number of aryl methyl sites for hydroxylation is 2. The number of hydrogen-bond acceptors (Lipinski definition) is 2. The molecule has 0 aliphatic rings. The molecule has 0 N–H and O–H groups in total. The molecule has 14 heavy (non-hydrogen) atoms. The third-order valence-corrected chi connectivity index (χ3v) is 2.00. The van der Waals surface area contributed by atoms with Crippen molar-refractivity contribution in [2.45, 2.75) is 20.5 Å². The maximum atomic E-state index is 12.0. The molecule has 1 aromatic rings. The largest absolute Gasteiger partial charge is 0.493 e. The molecule has 0 saturated heterocycles. The minimum Gasteiger partial charge on any atom is -0.493 e. The molecule has 1 rings (SSSR count). The Balaban J connectivity index is 3.07. The third kappa shape index (κ3) is 2.34. The highest BCUT2D eigenvalue weighted by molar-refractivity contribution is 5.46. The highest BCUT2D eigenvalue weighted by Crippen LogP contribution is 2.31. The van der Waals surface area contributed by atoms with Crippen LogP contribution in [0.3, 0.4) is 0 Å². The fourth-order valence-corrected chi connectivity index (χ4v) is 1.11. The molecule has 4 heteroatoms. The molecule has 1 aromatic carbocycles. The molecule has 0 spiro atoms. The van der Waals surface area contributed by atoms with E-state index in [4.69, 9.17) is 4.74 Å². The predicted octanol–water partition coefficient (Wildman–Crippen LogP) is 2.91. The molecule has 0 aromatic heterocycles. The standard InChI is InChI=1S/C10H12F2O2/c1-6-4-8(13-3)9(5-7(6)2)14-10(11)12/h4-5,10H,1-3H3. The van der Waals surface area contributed by atoms with Crippen molar-refractivity contribution in [1.29, 1.82) is 0 Å². The molecule has 0 amide bonds. The van der Waals surface area contributed by atoms with Gasteiger partial charge in [-0.1, -0.05) is 0 Å². The van der Waals surface area contributed by atoms with E-state index in [1.807, 2.05) is 13.8 Å². The Morgan fingerprint density at radius 3 is 2.00 bits per heavy atom. The highest BCUT2D eigenvalue weighted by atomic mass is 19.3. The average molecular weight is 202 g/mol. The zero-order chi connectivity index (χ0) is 10.7. The molecule has 0 bridgehead atoms. The first-order chi connectivity index (χ1) is 6.54. The first-order valence-electron chi connectivity index (χ1n) is 4.14. The van der Waals surface area contributed by atoms with E-state index in [1.165, 1.54) is 7.11 Å². The lowest BCUT2D eigenvalue weighted by Gasteiger charge is -2.11. The number of hydrogen-bond donors (Lipinski definition) is 0. The second-order valence-corrected chi connectivity index (χ2v) is 2.97. The van der Waals surface area contributed by atoms with Crippen LogP contribution >= 0.6 is 0 Å². The molecule has 0 atom stereocenters. The summed E-state index contributed by atoms with van der Waals surface area (Å²) >= 11 is 0. The van der Waals surface area contributed by atoms with Crippen LogP contribution in [0.1, 0.15) is 11.1 Å². The van der Waals surface area contributed by atoms with Crippen molar-refractivity contribution in [3.05, 3.63) is 23.3 Å². The Bertz CT molecular complexity index is 324. The maximum Gasteiger partial charge on any atom is 0.387 e.